The van der Waals surface area contributed by atoms with Crippen molar-refractivity contribution < 1.29 is 9.59 Å². The van der Waals surface area contributed by atoms with Gasteiger partial charge in [-0.3, -0.25) is 9.59 Å². The summed E-state index contributed by atoms with van der Waals surface area (Å²) in [5.41, 5.74) is 1.73. The standard InChI is InChI=1S/C19H20Cl2N2O2/c1-23(13-15-8-5-9-16(20)19(15)21)18(25)10-11-22-17(24)12-14-6-3-2-4-7-14/h2-9H,10-13H2,1H3,(H,22,24). The van der Waals surface area contributed by atoms with Crippen LogP contribution in [0.1, 0.15) is 17.5 Å². The van der Waals surface area contributed by atoms with Crippen LogP contribution in [0.3, 0.4) is 0 Å². The zero-order chi connectivity index (χ0) is 18.2. The number of halogens is 2. The van der Waals surface area contributed by atoms with E-state index in [9.17, 15) is 9.59 Å². The molecule has 6 heteroatoms. The van der Waals surface area contributed by atoms with E-state index in [0.29, 0.717) is 29.6 Å². The molecule has 1 N–H and O–H groups in total. The molecular formula is C19H20Cl2N2O2. The van der Waals surface area contributed by atoms with E-state index in [1.54, 1.807) is 24.1 Å². The Morgan fingerprint density at radius 3 is 2.48 bits per heavy atom. The van der Waals surface area contributed by atoms with Gasteiger partial charge >= 0.3 is 0 Å². The lowest BCUT2D eigenvalue weighted by Crippen LogP contribution is -2.32. The largest absolute Gasteiger partial charge is 0.355 e. The molecule has 0 saturated heterocycles. The van der Waals surface area contributed by atoms with E-state index < -0.39 is 0 Å². The highest BCUT2D eigenvalue weighted by Gasteiger charge is 2.13. The Labute approximate surface area is 157 Å². The first kappa shape index (κ1) is 19.3. The summed E-state index contributed by atoms with van der Waals surface area (Å²) in [5.74, 6) is -0.171. The van der Waals surface area contributed by atoms with Gasteiger partial charge in [0, 0.05) is 26.6 Å². The van der Waals surface area contributed by atoms with Gasteiger partial charge in [-0.15, -0.1) is 0 Å². The van der Waals surface area contributed by atoms with E-state index in [4.69, 9.17) is 23.2 Å². The molecule has 0 atom stereocenters. The molecule has 0 radical (unpaired) electrons. The maximum Gasteiger partial charge on any atom is 0.224 e. The molecule has 132 valence electrons. The minimum absolute atomic E-state index is 0.0731. The fourth-order valence-electron chi connectivity index (χ4n) is 2.36. The quantitative estimate of drug-likeness (QED) is 0.798. The fraction of sp³-hybridized carbons (Fsp3) is 0.263. The van der Waals surface area contributed by atoms with Gasteiger partial charge in [-0.1, -0.05) is 65.7 Å². The lowest BCUT2D eigenvalue weighted by atomic mass is 10.1. The molecule has 2 aromatic carbocycles. The summed E-state index contributed by atoms with van der Waals surface area (Å²) in [6.07, 6.45) is 0.540. The van der Waals surface area contributed by atoms with Gasteiger partial charge < -0.3 is 10.2 Å². The van der Waals surface area contributed by atoms with E-state index in [1.165, 1.54) is 0 Å². The summed E-state index contributed by atoms with van der Waals surface area (Å²) >= 11 is 12.1. The monoisotopic (exact) mass is 378 g/mol. The Bertz CT molecular complexity index is 735. The highest BCUT2D eigenvalue weighted by Crippen LogP contribution is 2.26. The Morgan fingerprint density at radius 2 is 1.76 bits per heavy atom. The molecule has 0 aliphatic rings. The number of carbonyl (C=O) groups excluding carboxylic acids is 2. The van der Waals surface area contributed by atoms with E-state index in [1.807, 2.05) is 36.4 Å². The number of nitrogens with zero attached hydrogens (tertiary/aromatic N) is 1. The van der Waals surface area contributed by atoms with Crippen LogP contribution in [0.4, 0.5) is 0 Å². The normalized spacial score (nSPS) is 10.4. The van der Waals surface area contributed by atoms with Gasteiger partial charge in [-0.25, -0.2) is 0 Å². The van der Waals surface area contributed by atoms with Crippen LogP contribution >= 0.6 is 23.2 Å². The Kier molecular flexibility index (Phi) is 7.29. The van der Waals surface area contributed by atoms with Crippen molar-refractivity contribution >= 4 is 35.0 Å². The molecule has 0 saturated carbocycles. The third-order valence-electron chi connectivity index (χ3n) is 3.73. The number of amides is 2. The number of benzene rings is 2. The lowest BCUT2D eigenvalue weighted by Gasteiger charge is -2.18. The molecule has 0 unspecified atom stereocenters. The zero-order valence-electron chi connectivity index (χ0n) is 14.0. The van der Waals surface area contributed by atoms with Crippen molar-refractivity contribution in [2.45, 2.75) is 19.4 Å². The number of rotatable bonds is 7. The van der Waals surface area contributed by atoms with Crippen LogP contribution in [-0.2, 0) is 22.6 Å². The van der Waals surface area contributed by atoms with E-state index in [2.05, 4.69) is 5.32 Å². The Balaban J connectivity index is 1.76. The fourth-order valence-corrected chi connectivity index (χ4v) is 2.74. The molecule has 4 nitrogen and oxygen atoms in total. The van der Waals surface area contributed by atoms with Crippen molar-refractivity contribution in [3.05, 3.63) is 69.7 Å². The average Bonchev–Trinajstić information content (AvgIpc) is 2.59. The second kappa shape index (κ2) is 9.44. The second-order valence-electron chi connectivity index (χ2n) is 5.73. The minimum atomic E-state index is -0.0976. The number of carbonyl (C=O) groups is 2. The molecule has 0 fully saturated rings. The number of hydrogen-bond acceptors (Lipinski definition) is 2. The number of hydrogen-bond donors (Lipinski definition) is 1. The van der Waals surface area contributed by atoms with Crippen LogP contribution in [0, 0.1) is 0 Å². The first-order valence-electron chi connectivity index (χ1n) is 7.95. The Morgan fingerprint density at radius 1 is 1.04 bits per heavy atom. The van der Waals surface area contributed by atoms with Crippen LogP contribution in [-0.4, -0.2) is 30.3 Å². The predicted octanol–water partition coefficient (Wildman–Crippen LogP) is 3.70. The minimum Gasteiger partial charge on any atom is -0.355 e. The molecule has 2 rings (SSSR count). The zero-order valence-corrected chi connectivity index (χ0v) is 15.5. The van der Waals surface area contributed by atoms with Crippen molar-refractivity contribution in [3.8, 4) is 0 Å². The SMILES string of the molecule is CN(Cc1cccc(Cl)c1Cl)C(=O)CCNC(=O)Cc1ccccc1. The molecule has 0 spiro atoms. The second-order valence-corrected chi connectivity index (χ2v) is 6.51. The van der Waals surface area contributed by atoms with E-state index in [0.717, 1.165) is 11.1 Å². The molecular weight excluding hydrogens is 359 g/mol. The molecule has 2 amide bonds. The molecule has 0 aliphatic heterocycles. The molecule has 2 aromatic rings. The maximum absolute atomic E-state index is 12.2. The summed E-state index contributed by atoms with van der Waals surface area (Å²) in [6.45, 7) is 0.675. The predicted molar refractivity (Wildman–Crippen MR) is 101 cm³/mol. The van der Waals surface area contributed by atoms with Crippen molar-refractivity contribution in [3.63, 3.8) is 0 Å². The highest BCUT2D eigenvalue weighted by atomic mass is 35.5. The lowest BCUT2D eigenvalue weighted by molar-refractivity contribution is -0.130. The van der Waals surface area contributed by atoms with Gasteiger partial charge in [0.05, 0.1) is 16.5 Å². The molecule has 0 aromatic heterocycles. The van der Waals surface area contributed by atoms with E-state index >= 15 is 0 Å². The van der Waals surface area contributed by atoms with Gasteiger partial charge in [0.15, 0.2) is 0 Å². The molecule has 25 heavy (non-hydrogen) atoms. The van der Waals surface area contributed by atoms with Gasteiger partial charge in [0.1, 0.15) is 0 Å². The third kappa shape index (κ3) is 6.07. The van der Waals surface area contributed by atoms with Crippen molar-refractivity contribution in [2.24, 2.45) is 0 Å². The van der Waals surface area contributed by atoms with Crippen LogP contribution in [0.25, 0.3) is 0 Å². The van der Waals surface area contributed by atoms with Gasteiger partial charge in [0.25, 0.3) is 0 Å². The summed E-state index contributed by atoms with van der Waals surface area (Å²) in [5, 5.41) is 3.69. The van der Waals surface area contributed by atoms with Crippen molar-refractivity contribution in [1.82, 2.24) is 10.2 Å². The van der Waals surface area contributed by atoms with E-state index in [-0.39, 0.29) is 18.2 Å². The first-order valence-corrected chi connectivity index (χ1v) is 8.70. The first-order chi connectivity index (χ1) is 12.0. The van der Waals surface area contributed by atoms with Gasteiger partial charge in [0.2, 0.25) is 11.8 Å². The summed E-state index contributed by atoms with van der Waals surface area (Å²) in [4.78, 5) is 25.6. The molecule has 0 heterocycles. The summed E-state index contributed by atoms with van der Waals surface area (Å²) < 4.78 is 0. The van der Waals surface area contributed by atoms with Crippen molar-refractivity contribution in [1.29, 1.82) is 0 Å². The van der Waals surface area contributed by atoms with Crippen LogP contribution in [0.15, 0.2) is 48.5 Å². The summed E-state index contributed by atoms with van der Waals surface area (Å²) in [6, 6.07) is 14.8. The maximum atomic E-state index is 12.2. The highest BCUT2D eigenvalue weighted by molar-refractivity contribution is 6.42. The number of nitrogens with one attached hydrogen (secondary N) is 1. The van der Waals surface area contributed by atoms with Gasteiger partial charge in [-0.05, 0) is 17.2 Å². The summed E-state index contributed by atoms with van der Waals surface area (Å²) in [7, 11) is 1.70. The average molecular weight is 379 g/mol. The van der Waals surface area contributed by atoms with Crippen molar-refractivity contribution in [2.75, 3.05) is 13.6 Å². The molecule has 0 aliphatic carbocycles. The smallest absolute Gasteiger partial charge is 0.224 e. The van der Waals surface area contributed by atoms with Crippen LogP contribution in [0.2, 0.25) is 10.0 Å². The third-order valence-corrected chi connectivity index (χ3v) is 4.59. The Hall–Kier alpha value is -2.04. The van der Waals surface area contributed by atoms with Crippen LogP contribution in [0.5, 0.6) is 0 Å². The van der Waals surface area contributed by atoms with Gasteiger partial charge in [-0.2, -0.15) is 0 Å². The topological polar surface area (TPSA) is 49.4 Å². The molecule has 0 bridgehead atoms. The van der Waals surface area contributed by atoms with Crippen LogP contribution < -0.4 is 5.32 Å².